The van der Waals surface area contributed by atoms with E-state index in [-0.39, 0.29) is 23.9 Å². The average Bonchev–Trinajstić information content (AvgIpc) is 2.33. The van der Waals surface area contributed by atoms with Gasteiger partial charge < -0.3 is 10.2 Å². The maximum Gasteiger partial charge on any atom is 0.248 e. The van der Waals surface area contributed by atoms with Crippen LogP contribution in [0, 0.1) is 0 Å². The Labute approximate surface area is 120 Å². The highest BCUT2D eigenvalue weighted by molar-refractivity contribution is 7.99. The molecule has 2 atom stereocenters. The first kappa shape index (κ1) is 16.3. The van der Waals surface area contributed by atoms with E-state index < -0.39 is 5.54 Å². The molecule has 1 aliphatic heterocycles. The molecule has 0 bridgehead atoms. The number of rotatable bonds is 6. The molecular formula is C14H26N2O2S. The molecule has 0 saturated carbocycles. The number of nitrogens with zero attached hydrogens (tertiary/aromatic N) is 1. The number of amides is 2. The zero-order valence-electron chi connectivity index (χ0n) is 12.7. The first-order chi connectivity index (χ1) is 8.85. The van der Waals surface area contributed by atoms with Crippen LogP contribution in [0.3, 0.4) is 0 Å². The fraction of sp³-hybridized carbons (Fsp3) is 0.857. The quantitative estimate of drug-likeness (QED) is 0.760. The minimum atomic E-state index is -0.783. The Morgan fingerprint density at radius 1 is 1.37 bits per heavy atom. The van der Waals surface area contributed by atoms with Crippen LogP contribution in [0.4, 0.5) is 0 Å². The lowest BCUT2D eigenvalue weighted by atomic mass is 9.93. The van der Waals surface area contributed by atoms with E-state index in [1.165, 1.54) is 0 Å². The Morgan fingerprint density at radius 3 is 2.53 bits per heavy atom. The van der Waals surface area contributed by atoms with E-state index in [1.807, 2.05) is 25.6 Å². The molecule has 5 heteroatoms. The molecule has 0 spiro atoms. The highest BCUT2D eigenvalue weighted by Crippen LogP contribution is 2.24. The predicted molar refractivity (Wildman–Crippen MR) is 80.2 cm³/mol. The molecule has 0 radical (unpaired) electrons. The number of hydrogen-bond donors (Lipinski definition) is 1. The zero-order chi connectivity index (χ0) is 14.6. The van der Waals surface area contributed by atoms with Crippen LogP contribution in [-0.2, 0) is 9.59 Å². The number of thioether (sulfide) groups is 1. The van der Waals surface area contributed by atoms with Gasteiger partial charge in [0.2, 0.25) is 11.8 Å². The Bertz CT molecular complexity index is 344. The van der Waals surface area contributed by atoms with Crippen molar-refractivity contribution in [1.82, 2.24) is 10.2 Å². The molecule has 110 valence electrons. The summed E-state index contributed by atoms with van der Waals surface area (Å²) in [5, 5.41) is 2.82. The van der Waals surface area contributed by atoms with Crippen molar-refractivity contribution in [2.24, 2.45) is 0 Å². The standard InChI is InChI=1S/C14H26N2O2S/c1-6-11-12(17)15-14(4,5)13(18)16(11)10(3)8-9-19-7-2/h10-11H,6-9H2,1-5H3,(H,15,17). The van der Waals surface area contributed by atoms with E-state index in [4.69, 9.17) is 0 Å². The molecule has 1 heterocycles. The van der Waals surface area contributed by atoms with Crippen LogP contribution >= 0.6 is 11.8 Å². The van der Waals surface area contributed by atoms with Gasteiger partial charge in [-0.3, -0.25) is 9.59 Å². The molecule has 4 nitrogen and oxygen atoms in total. The van der Waals surface area contributed by atoms with E-state index in [2.05, 4.69) is 12.2 Å². The summed E-state index contributed by atoms with van der Waals surface area (Å²) in [5.74, 6) is 2.12. The Balaban J connectivity index is 2.84. The van der Waals surface area contributed by atoms with Crippen molar-refractivity contribution in [3.05, 3.63) is 0 Å². The fourth-order valence-electron chi connectivity index (χ4n) is 2.46. The van der Waals surface area contributed by atoms with Crippen LogP contribution in [0.15, 0.2) is 0 Å². The maximum absolute atomic E-state index is 12.5. The van der Waals surface area contributed by atoms with E-state index in [9.17, 15) is 9.59 Å². The second kappa shape index (κ2) is 6.64. The van der Waals surface area contributed by atoms with Crippen LogP contribution in [0.25, 0.3) is 0 Å². The highest BCUT2D eigenvalue weighted by atomic mass is 32.2. The van der Waals surface area contributed by atoms with Crippen molar-refractivity contribution in [2.75, 3.05) is 11.5 Å². The van der Waals surface area contributed by atoms with Gasteiger partial charge in [-0.05, 0) is 45.1 Å². The van der Waals surface area contributed by atoms with Gasteiger partial charge in [-0.25, -0.2) is 0 Å². The third kappa shape index (κ3) is 3.65. The van der Waals surface area contributed by atoms with Gasteiger partial charge in [-0.15, -0.1) is 0 Å². The Hall–Kier alpha value is -0.710. The normalized spacial score (nSPS) is 24.3. The lowest BCUT2D eigenvalue weighted by molar-refractivity contribution is -0.156. The molecule has 1 rings (SSSR count). The van der Waals surface area contributed by atoms with Gasteiger partial charge in [0.25, 0.3) is 0 Å². The van der Waals surface area contributed by atoms with E-state index >= 15 is 0 Å². The summed E-state index contributed by atoms with van der Waals surface area (Å²) in [6.07, 6.45) is 1.60. The monoisotopic (exact) mass is 286 g/mol. The fourth-order valence-corrected chi connectivity index (χ4v) is 3.26. The molecule has 1 saturated heterocycles. The zero-order valence-corrected chi connectivity index (χ0v) is 13.5. The summed E-state index contributed by atoms with van der Waals surface area (Å²) >= 11 is 1.87. The molecule has 2 amide bonds. The van der Waals surface area contributed by atoms with Gasteiger partial charge in [0.1, 0.15) is 11.6 Å². The number of piperazine rings is 1. The Morgan fingerprint density at radius 2 is 2.00 bits per heavy atom. The molecule has 19 heavy (non-hydrogen) atoms. The minimum absolute atomic E-state index is 0.0258. The van der Waals surface area contributed by atoms with E-state index in [0.29, 0.717) is 6.42 Å². The SMILES string of the molecule is CCSCCC(C)N1C(=O)C(C)(C)NC(=O)C1CC. The van der Waals surface area contributed by atoms with Crippen LogP contribution in [-0.4, -0.2) is 45.8 Å². The molecule has 0 aromatic carbocycles. The lowest BCUT2D eigenvalue weighted by Gasteiger charge is -2.45. The van der Waals surface area contributed by atoms with Crippen molar-refractivity contribution < 1.29 is 9.59 Å². The van der Waals surface area contributed by atoms with Crippen molar-refractivity contribution >= 4 is 23.6 Å². The molecule has 0 aromatic heterocycles. The molecule has 1 fully saturated rings. The number of carbonyl (C=O) groups excluding carboxylic acids is 2. The van der Waals surface area contributed by atoms with Crippen LogP contribution in [0.1, 0.15) is 47.5 Å². The van der Waals surface area contributed by atoms with Gasteiger partial charge >= 0.3 is 0 Å². The van der Waals surface area contributed by atoms with Gasteiger partial charge in [0, 0.05) is 6.04 Å². The number of carbonyl (C=O) groups is 2. The smallest absolute Gasteiger partial charge is 0.248 e. The molecule has 0 aromatic rings. The third-order valence-corrected chi connectivity index (χ3v) is 4.52. The maximum atomic E-state index is 12.5. The number of nitrogens with one attached hydrogen (secondary N) is 1. The minimum Gasteiger partial charge on any atom is -0.340 e. The summed E-state index contributed by atoms with van der Waals surface area (Å²) in [6, 6.07) is -0.205. The number of hydrogen-bond acceptors (Lipinski definition) is 3. The van der Waals surface area contributed by atoms with Crippen molar-refractivity contribution in [3.8, 4) is 0 Å². The first-order valence-corrected chi connectivity index (χ1v) is 8.23. The van der Waals surface area contributed by atoms with Crippen molar-refractivity contribution in [1.29, 1.82) is 0 Å². The topological polar surface area (TPSA) is 49.4 Å². The summed E-state index contributed by atoms with van der Waals surface area (Å²) in [6.45, 7) is 9.69. The van der Waals surface area contributed by atoms with Gasteiger partial charge in [0.15, 0.2) is 0 Å². The molecule has 0 aliphatic carbocycles. The van der Waals surface area contributed by atoms with Gasteiger partial charge in [-0.2, -0.15) is 11.8 Å². The molecule has 2 unspecified atom stereocenters. The van der Waals surface area contributed by atoms with Gasteiger partial charge in [0.05, 0.1) is 0 Å². The second-order valence-corrected chi connectivity index (χ2v) is 6.98. The van der Waals surface area contributed by atoms with Crippen LogP contribution in [0.2, 0.25) is 0 Å². The summed E-state index contributed by atoms with van der Waals surface area (Å²) in [5.41, 5.74) is -0.783. The second-order valence-electron chi connectivity index (χ2n) is 5.59. The van der Waals surface area contributed by atoms with E-state index in [0.717, 1.165) is 17.9 Å². The van der Waals surface area contributed by atoms with Crippen LogP contribution in [0.5, 0.6) is 0 Å². The molecular weight excluding hydrogens is 260 g/mol. The van der Waals surface area contributed by atoms with Crippen molar-refractivity contribution in [3.63, 3.8) is 0 Å². The Kier molecular flexibility index (Phi) is 5.71. The highest BCUT2D eigenvalue weighted by Gasteiger charge is 2.45. The lowest BCUT2D eigenvalue weighted by Crippen LogP contribution is -2.69. The predicted octanol–water partition coefficient (Wildman–Crippen LogP) is 2.03. The summed E-state index contributed by atoms with van der Waals surface area (Å²) in [7, 11) is 0. The van der Waals surface area contributed by atoms with Gasteiger partial charge in [-0.1, -0.05) is 13.8 Å². The molecule has 1 aliphatic rings. The molecule has 1 N–H and O–H groups in total. The first-order valence-electron chi connectivity index (χ1n) is 7.07. The summed E-state index contributed by atoms with van der Waals surface area (Å²) < 4.78 is 0. The van der Waals surface area contributed by atoms with Crippen LogP contribution < -0.4 is 5.32 Å². The van der Waals surface area contributed by atoms with Crippen molar-refractivity contribution in [2.45, 2.75) is 65.1 Å². The van der Waals surface area contributed by atoms with E-state index in [1.54, 1.807) is 18.7 Å². The summed E-state index contributed by atoms with van der Waals surface area (Å²) in [4.78, 5) is 26.5. The largest absolute Gasteiger partial charge is 0.340 e. The average molecular weight is 286 g/mol. The third-order valence-electron chi connectivity index (χ3n) is 3.59.